The standard InChI is InChI=1S/C34H31F3N6O/c1-3-24-27(36)10-7-20-5-4-6-25(28(20)24)30-29(37)31-26(13-38-30)32(42-16-22-8-9-23(17-42)39-22)41-33(40-31)44-18-34-11-19(2)14-43(34)15-21(35)12-34/h1,4-7,10,13,21-23,39H,2,8-9,11-12,14-18H2/t21-,22?,23?,34-/m1/s1. The summed E-state index contributed by atoms with van der Waals surface area (Å²) in [6.07, 6.45) is 9.43. The van der Waals surface area contributed by atoms with E-state index in [1.54, 1.807) is 30.5 Å². The van der Waals surface area contributed by atoms with Gasteiger partial charge in [0.05, 0.1) is 16.5 Å². The van der Waals surface area contributed by atoms with Gasteiger partial charge in [0.15, 0.2) is 5.82 Å². The molecule has 0 spiro atoms. The van der Waals surface area contributed by atoms with Crippen molar-refractivity contribution in [2.45, 2.75) is 49.5 Å². The van der Waals surface area contributed by atoms with E-state index < -0.39 is 23.3 Å². The van der Waals surface area contributed by atoms with Crippen LogP contribution in [-0.4, -0.2) is 76.4 Å². The van der Waals surface area contributed by atoms with Crippen LogP contribution in [0.2, 0.25) is 0 Å². The first kappa shape index (κ1) is 27.4. The van der Waals surface area contributed by atoms with Crippen LogP contribution in [0, 0.1) is 24.0 Å². The summed E-state index contributed by atoms with van der Waals surface area (Å²) in [6, 6.07) is 8.81. The smallest absolute Gasteiger partial charge is 0.319 e. The molecule has 10 heteroatoms. The molecule has 4 aliphatic rings. The van der Waals surface area contributed by atoms with Crippen LogP contribution in [0.25, 0.3) is 32.9 Å². The number of alkyl halides is 1. The van der Waals surface area contributed by atoms with Gasteiger partial charge in [-0.1, -0.05) is 42.3 Å². The predicted octanol–water partition coefficient (Wildman–Crippen LogP) is 5.17. The number of piperazine rings is 1. The minimum Gasteiger partial charge on any atom is -0.461 e. The number of ether oxygens (including phenoxy) is 1. The zero-order valence-corrected chi connectivity index (χ0v) is 24.1. The number of aromatic nitrogens is 3. The van der Waals surface area contributed by atoms with Crippen molar-refractivity contribution in [2.75, 3.05) is 37.7 Å². The van der Waals surface area contributed by atoms with Crippen LogP contribution in [0.4, 0.5) is 19.0 Å². The maximum atomic E-state index is 16.7. The van der Waals surface area contributed by atoms with E-state index >= 15 is 4.39 Å². The Labute approximate surface area is 253 Å². The second kappa shape index (κ2) is 10.2. The Hall–Kier alpha value is -4.20. The summed E-state index contributed by atoms with van der Waals surface area (Å²) in [5.41, 5.74) is 0.995. The van der Waals surface area contributed by atoms with Gasteiger partial charge < -0.3 is 15.0 Å². The molecule has 8 rings (SSSR count). The number of fused-ring (bicyclic) bond motifs is 5. The molecule has 2 unspecified atom stereocenters. The number of nitrogens with zero attached hydrogens (tertiary/aromatic N) is 5. The predicted molar refractivity (Wildman–Crippen MR) is 163 cm³/mol. The van der Waals surface area contributed by atoms with E-state index in [1.165, 1.54) is 6.07 Å². The van der Waals surface area contributed by atoms with Crippen molar-refractivity contribution >= 4 is 27.5 Å². The van der Waals surface area contributed by atoms with Gasteiger partial charge in [-0.2, -0.15) is 9.97 Å². The number of hydrogen-bond donors (Lipinski definition) is 1. The van der Waals surface area contributed by atoms with Gasteiger partial charge in [-0.15, -0.1) is 6.42 Å². The van der Waals surface area contributed by atoms with Gasteiger partial charge in [-0.25, -0.2) is 13.2 Å². The quantitative estimate of drug-likeness (QED) is 0.252. The van der Waals surface area contributed by atoms with Gasteiger partial charge >= 0.3 is 6.01 Å². The Kier molecular flexibility index (Phi) is 6.33. The van der Waals surface area contributed by atoms with E-state index in [-0.39, 0.29) is 29.4 Å². The summed E-state index contributed by atoms with van der Waals surface area (Å²) in [5.74, 6) is 1.74. The minimum absolute atomic E-state index is 0.00843. The van der Waals surface area contributed by atoms with Crippen LogP contribution in [0.15, 0.2) is 48.7 Å². The van der Waals surface area contributed by atoms with E-state index in [0.29, 0.717) is 78.6 Å². The van der Waals surface area contributed by atoms with Gasteiger partial charge in [-0.3, -0.25) is 9.88 Å². The molecule has 4 aromatic rings. The first-order chi connectivity index (χ1) is 21.3. The monoisotopic (exact) mass is 596 g/mol. The van der Waals surface area contributed by atoms with E-state index in [1.807, 2.05) is 0 Å². The fourth-order valence-electron chi connectivity index (χ4n) is 7.82. The van der Waals surface area contributed by atoms with Crippen LogP contribution >= 0.6 is 0 Å². The van der Waals surface area contributed by atoms with E-state index in [9.17, 15) is 8.78 Å². The summed E-state index contributed by atoms with van der Waals surface area (Å²) in [6.45, 7) is 6.68. The Morgan fingerprint density at radius 1 is 1.11 bits per heavy atom. The average Bonchev–Trinajstić information content (AvgIpc) is 3.62. The number of pyridine rings is 1. The molecule has 2 aromatic heterocycles. The fourth-order valence-corrected chi connectivity index (χ4v) is 7.82. The maximum Gasteiger partial charge on any atom is 0.319 e. The van der Waals surface area contributed by atoms with Crippen molar-refractivity contribution in [1.82, 2.24) is 25.2 Å². The van der Waals surface area contributed by atoms with E-state index in [2.05, 4.69) is 37.6 Å². The number of benzene rings is 2. The summed E-state index contributed by atoms with van der Waals surface area (Å²) >= 11 is 0. The zero-order chi connectivity index (χ0) is 30.2. The molecule has 0 amide bonds. The van der Waals surface area contributed by atoms with Crippen molar-refractivity contribution in [3.05, 3.63) is 65.9 Å². The van der Waals surface area contributed by atoms with Crippen molar-refractivity contribution in [2.24, 2.45) is 0 Å². The van der Waals surface area contributed by atoms with Gasteiger partial charge in [0.2, 0.25) is 0 Å². The Morgan fingerprint density at radius 2 is 1.93 bits per heavy atom. The molecular formula is C34H31F3N6O. The second-order valence-electron chi connectivity index (χ2n) is 12.6. The van der Waals surface area contributed by atoms with E-state index in [0.717, 1.165) is 18.4 Å². The van der Waals surface area contributed by atoms with Crippen LogP contribution in [0.5, 0.6) is 6.01 Å². The maximum absolute atomic E-state index is 16.7. The van der Waals surface area contributed by atoms with E-state index in [4.69, 9.17) is 16.1 Å². The highest BCUT2D eigenvalue weighted by Crippen LogP contribution is 2.43. The largest absolute Gasteiger partial charge is 0.461 e. The van der Waals surface area contributed by atoms with Crippen molar-refractivity contribution in [1.29, 1.82) is 0 Å². The topological polar surface area (TPSA) is 66.4 Å². The van der Waals surface area contributed by atoms with Crippen LogP contribution < -0.4 is 15.0 Å². The lowest BCUT2D eigenvalue weighted by Gasteiger charge is -2.34. The lowest BCUT2D eigenvalue weighted by molar-refractivity contribution is 0.107. The molecule has 4 aliphatic heterocycles. The summed E-state index contributed by atoms with van der Waals surface area (Å²) in [5, 5.41) is 5.16. The molecule has 44 heavy (non-hydrogen) atoms. The number of terminal acetylenes is 1. The minimum atomic E-state index is -0.944. The SMILES string of the molecule is C#Cc1c(F)ccc2cccc(-c3ncc4c(N5CC6CCC(C5)N6)nc(OC[C@]56CC(=C)CN5C[C@H](F)C6)nc4c3F)c12. The lowest BCUT2D eigenvalue weighted by Crippen LogP contribution is -2.51. The van der Waals surface area contributed by atoms with Gasteiger partial charge in [0.25, 0.3) is 0 Å². The first-order valence-corrected chi connectivity index (χ1v) is 15.1. The Morgan fingerprint density at radius 3 is 2.73 bits per heavy atom. The fraction of sp³-hybridized carbons (Fsp3) is 0.382. The molecule has 2 aromatic carbocycles. The molecule has 1 N–H and O–H groups in total. The third kappa shape index (κ3) is 4.32. The average molecular weight is 597 g/mol. The number of anilines is 1. The summed E-state index contributed by atoms with van der Waals surface area (Å²) < 4.78 is 52.3. The lowest BCUT2D eigenvalue weighted by atomic mass is 9.93. The van der Waals surface area contributed by atoms with Crippen molar-refractivity contribution in [3.63, 3.8) is 0 Å². The molecular weight excluding hydrogens is 565 g/mol. The van der Waals surface area contributed by atoms with Gasteiger partial charge in [0.1, 0.15) is 35.6 Å². The normalized spacial score (nSPS) is 26.5. The number of nitrogens with one attached hydrogen (secondary N) is 1. The molecule has 4 saturated heterocycles. The summed E-state index contributed by atoms with van der Waals surface area (Å²) in [7, 11) is 0. The molecule has 6 heterocycles. The number of rotatable bonds is 5. The molecule has 4 atom stereocenters. The van der Waals surface area contributed by atoms with Crippen LogP contribution in [-0.2, 0) is 0 Å². The second-order valence-corrected chi connectivity index (χ2v) is 12.6. The zero-order valence-electron chi connectivity index (χ0n) is 24.1. The molecule has 0 saturated carbocycles. The molecule has 0 radical (unpaired) electrons. The third-order valence-electron chi connectivity index (χ3n) is 9.71. The highest BCUT2D eigenvalue weighted by molar-refractivity contribution is 6.02. The highest BCUT2D eigenvalue weighted by atomic mass is 19.1. The van der Waals surface area contributed by atoms with Gasteiger partial charge in [-0.05, 0) is 30.7 Å². The third-order valence-corrected chi connectivity index (χ3v) is 9.71. The van der Waals surface area contributed by atoms with Crippen molar-refractivity contribution in [3.8, 4) is 29.6 Å². The summed E-state index contributed by atoms with van der Waals surface area (Å²) in [4.78, 5) is 18.2. The Bertz CT molecular complexity index is 1880. The molecule has 2 bridgehead atoms. The van der Waals surface area contributed by atoms with Crippen molar-refractivity contribution < 1.29 is 17.9 Å². The van der Waals surface area contributed by atoms with Crippen LogP contribution in [0.1, 0.15) is 31.2 Å². The van der Waals surface area contributed by atoms with Gasteiger partial charge in [0, 0.05) is 61.8 Å². The molecule has 224 valence electrons. The molecule has 7 nitrogen and oxygen atoms in total. The molecule has 0 aliphatic carbocycles. The Balaban J connectivity index is 1.26. The highest BCUT2D eigenvalue weighted by Gasteiger charge is 2.50. The molecule has 4 fully saturated rings. The first-order valence-electron chi connectivity index (χ1n) is 15.1. The number of halogens is 3. The number of hydrogen-bond acceptors (Lipinski definition) is 7. The van der Waals surface area contributed by atoms with Crippen LogP contribution in [0.3, 0.4) is 0 Å².